The molecule has 19 heavy (non-hydrogen) atoms. The van der Waals surface area contributed by atoms with Crippen molar-refractivity contribution in [1.82, 2.24) is 5.32 Å². The molecule has 0 radical (unpaired) electrons. The minimum atomic E-state index is -0.165. The first-order valence-corrected chi connectivity index (χ1v) is 8.06. The van der Waals surface area contributed by atoms with Crippen molar-refractivity contribution in [2.24, 2.45) is 0 Å². The van der Waals surface area contributed by atoms with Crippen LogP contribution >= 0.6 is 11.3 Å². The van der Waals surface area contributed by atoms with Gasteiger partial charge >= 0.3 is 5.97 Å². The van der Waals surface area contributed by atoms with Crippen LogP contribution in [0.4, 0.5) is 0 Å². The fourth-order valence-corrected chi connectivity index (χ4v) is 3.75. The van der Waals surface area contributed by atoms with E-state index in [0.29, 0.717) is 6.61 Å². The van der Waals surface area contributed by atoms with Gasteiger partial charge < -0.3 is 4.74 Å². The Morgan fingerprint density at radius 3 is 3.00 bits per heavy atom. The molecule has 1 atom stereocenters. The van der Waals surface area contributed by atoms with Crippen LogP contribution < -0.4 is 5.32 Å². The fourth-order valence-electron chi connectivity index (χ4n) is 2.54. The third-order valence-electron chi connectivity index (χ3n) is 3.47. The van der Waals surface area contributed by atoms with Crippen LogP contribution in [0, 0.1) is 0 Å². The zero-order valence-electron chi connectivity index (χ0n) is 11.8. The van der Waals surface area contributed by atoms with Gasteiger partial charge in [0.2, 0.25) is 0 Å². The summed E-state index contributed by atoms with van der Waals surface area (Å²) < 4.78 is 5.11. The van der Waals surface area contributed by atoms with Crippen LogP contribution in [-0.2, 0) is 28.9 Å². The molecule has 0 aliphatic heterocycles. The third kappa shape index (κ3) is 3.80. The van der Waals surface area contributed by atoms with E-state index >= 15 is 0 Å². The molecule has 0 amide bonds. The monoisotopic (exact) mass is 281 g/mol. The largest absolute Gasteiger partial charge is 0.465 e. The first-order valence-electron chi connectivity index (χ1n) is 7.25. The number of hydrogen-bond acceptors (Lipinski definition) is 4. The normalized spacial score (nSPS) is 15.3. The lowest BCUT2D eigenvalue weighted by molar-refractivity contribution is -0.145. The smallest absolute Gasteiger partial charge is 0.323 e. The van der Waals surface area contributed by atoms with Crippen molar-refractivity contribution in [3.63, 3.8) is 0 Å². The van der Waals surface area contributed by atoms with Crippen molar-refractivity contribution in [2.75, 3.05) is 6.61 Å². The maximum Gasteiger partial charge on any atom is 0.323 e. The van der Waals surface area contributed by atoms with Gasteiger partial charge in [-0.3, -0.25) is 10.1 Å². The van der Waals surface area contributed by atoms with Gasteiger partial charge in [0.05, 0.1) is 6.61 Å². The summed E-state index contributed by atoms with van der Waals surface area (Å²) in [5, 5.41) is 3.35. The van der Waals surface area contributed by atoms with Crippen LogP contribution in [0.25, 0.3) is 0 Å². The minimum Gasteiger partial charge on any atom is -0.465 e. The number of esters is 1. The lowest BCUT2D eigenvalue weighted by Gasteiger charge is -2.15. The molecule has 106 valence electrons. The summed E-state index contributed by atoms with van der Waals surface area (Å²) in [6.07, 6.45) is 5.58. The quantitative estimate of drug-likeness (QED) is 0.781. The van der Waals surface area contributed by atoms with Gasteiger partial charge in [-0.1, -0.05) is 13.3 Å². The van der Waals surface area contributed by atoms with E-state index in [9.17, 15) is 4.79 Å². The number of aryl methyl sites for hydroxylation is 2. The molecule has 3 nitrogen and oxygen atoms in total. The Hall–Kier alpha value is -0.870. The Balaban J connectivity index is 1.88. The molecule has 0 saturated heterocycles. The molecule has 1 N–H and O–H groups in total. The number of ether oxygens (including phenoxy) is 1. The molecule has 1 aliphatic carbocycles. The fraction of sp³-hybridized carbons (Fsp3) is 0.667. The number of thiophene rings is 1. The van der Waals surface area contributed by atoms with Gasteiger partial charge in [-0.25, -0.2) is 0 Å². The first kappa shape index (κ1) is 14.5. The summed E-state index contributed by atoms with van der Waals surface area (Å²) in [4.78, 5) is 14.7. The molecule has 1 aromatic rings. The molecular weight excluding hydrogens is 258 g/mol. The zero-order chi connectivity index (χ0) is 13.7. The lowest BCUT2D eigenvalue weighted by Crippen LogP contribution is -2.37. The van der Waals surface area contributed by atoms with Gasteiger partial charge in [-0.15, -0.1) is 11.3 Å². The van der Waals surface area contributed by atoms with E-state index in [1.54, 1.807) is 4.88 Å². The highest BCUT2D eigenvalue weighted by Crippen LogP contribution is 2.30. The van der Waals surface area contributed by atoms with E-state index in [2.05, 4.69) is 18.3 Å². The molecule has 1 aliphatic rings. The Kier molecular flexibility index (Phi) is 5.40. The molecule has 1 aromatic heterocycles. The first-order chi connectivity index (χ1) is 9.24. The summed E-state index contributed by atoms with van der Waals surface area (Å²) in [7, 11) is 0. The highest BCUT2D eigenvalue weighted by molar-refractivity contribution is 7.12. The number of hydrogen-bond donors (Lipinski definition) is 1. The highest BCUT2D eigenvalue weighted by atomic mass is 32.1. The van der Waals surface area contributed by atoms with E-state index in [4.69, 9.17) is 4.74 Å². The van der Waals surface area contributed by atoms with Crippen LogP contribution in [0.3, 0.4) is 0 Å². The molecule has 1 unspecified atom stereocenters. The van der Waals surface area contributed by atoms with Gasteiger partial charge in [-0.05, 0) is 44.2 Å². The second-order valence-corrected chi connectivity index (χ2v) is 6.21. The molecular formula is C15H23NO2S. The van der Waals surface area contributed by atoms with Gasteiger partial charge in [0, 0.05) is 16.3 Å². The van der Waals surface area contributed by atoms with Crippen molar-refractivity contribution in [3.05, 3.63) is 21.4 Å². The van der Waals surface area contributed by atoms with Crippen molar-refractivity contribution in [1.29, 1.82) is 0 Å². The van der Waals surface area contributed by atoms with Crippen LogP contribution in [0.1, 0.15) is 48.4 Å². The van der Waals surface area contributed by atoms with Crippen molar-refractivity contribution < 1.29 is 9.53 Å². The van der Waals surface area contributed by atoms with E-state index in [-0.39, 0.29) is 12.0 Å². The molecule has 0 saturated carbocycles. The second-order valence-electron chi connectivity index (χ2n) is 4.99. The average molecular weight is 281 g/mol. The van der Waals surface area contributed by atoms with Crippen molar-refractivity contribution >= 4 is 17.3 Å². The Labute approximate surface area is 119 Å². The zero-order valence-corrected chi connectivity index (χ0v) is 12.6. The molecule has 0 spiro atoms. The van der Waals surface area contributed by atoms with Crippen LogP contribution in [-0.4, -0.2) is 18.6 Å². The number of fused-ring (bicyclic) bond motifs is 1. The van der Waals surface area contributed by atoms with Crippen molar-refractivity contribution in [2.45, 2.75) is 58.5 Å². The Morgan fingerprint density at radius 1 is 1.47 bits per heavy atom. The summed E-state index contributed by atoms with van der Waals surface area (Å²) in [5.41, 5.74) is 1.52. The summed E-state index contributed by atoms with van der Waals surface area (Å²) in [6.45, 7) is 5.17. The number of carbonyl (C=O) groups is 1. The lowest BCUT2D eigenvalue weighted by atomic mass is 10.1. The third-order valence-corrected chi connectivity index (χ3v) is 4.71. The van der Waals surface area contributed by atoms with E-state index in [0.717, 1.165) is 19.4 Å². The molecule has 2 rings (SSSR count). The summed E-state index contributed by atoms with van der Waals surface area (Å²) in [6, 6.07) is 2.13. The van der Waals surface area contributed by atoms with E-state index < -0.39 is 0 Å². The predicted octanol–water partition coefficient (Wildman–Crippen LogP) is 3.06. The maximum atomic E-state index is 11.8. The standard InChI is InChI=1S/C15H23NO2S/c1-3-6-13(15(17)18-4-2)16-10-12-9-11-7-5-8-14(11)19-12/h9,13,16H,3-8,10H2,1-2H3. The second kappa shape index (κ2) is 7.06. The topological polar surface area (TPSA) is 38.3 Å². The van der Waals surface area contributed by atoms with Gasteiger partial charge in [0.15, 0.2) is 0 Å². The summed E-state index contributed by atoms with van der Waals surface area (Å²) in [5.74, 6) is -0.117. The van der Waals surface area contributed by atoms with E-state index in [1.165, 1.54) is 29.7 Å². The number of nitrogens with one attached hydrogen (secondary N) is 1. The summed E-state index contributed by atoms with van der Waals surface area (Å²) >= 11 is 1.89. The predicted molar refractivity (Wildman–Crippen MR) is 78.5 cm³/mol. The van der Waals surface area contributed by atoms with Gasteiger partial charge in [0.1, 0.15) is 6.04 Å². The minimum absolute atomic E-state index is 0.117. The number of carbonyl (C=O) groups excluding carboxylic acids is 1. The van der Waals surface area contributed by atoms with E-state index in [1.807, 2.05) is 18.3 Å². The Bertz CT molecular complexity index is 406. The van der Waals surface area contributed by atoms with Gasteiger partial charge in [0.25, 0.3) is 0 Å². The Morgan fingerprint density at radius 2 is 2.32 bits per heavy atom. The van der Waals surface area contributed by atoms with Crippen LogP contribution in [0.15, 0.2) is 6.07 Å². The van der Waals surface area contributed by atoms with Gasteiger partial charge in [-0.2, -0.15) is 0 Å². The maximum absolute atomic E-state index is 11.8. The molecule has 0 bridgehead atoms. The van der Waals surface area contributed by atoms with Crippen LogP contribution in [0.5, 0.6) is 0 Å². The molecule has 4 heteroatoms. The molecule has 0 aromatic carbocycles. The van der Waals surface area contributed by atoms with Crippen LogP contribution in [0.2, 0.25) is 0 Å². The number of rotatable bonds is 7. The van der Waals surface area contributed by atoms with Crippen molar-refractivity contribution in [3.8, 4) is 0 Å². The average Bonchev–Trinajstić information content (AvgIpc) is 2.95. The molecule has 1 heterocycles. The SMILES string of the molecule is CCCC(NCc1cc2c(s1)CCC2)C(=O)OCC. The molecule has 0 fully saturated rings. The highest BCUT2D eigenvalue weighted by Gasteiger charge is 2.19.